The van der Waals surface area contributed by atoms with Crippen LogP contribution in [0.3, 0.4) is 0 Å². The van der Waals surface area contributed by atoms with Gasteiger partial charge in [0.25, 0.3) is 0 Å². The van der Waals surface area contributed by atoms with Gasteiger partial charge in [0.1, 0.15) is 0 Å². The van der Waals surface area contributed by atoms with E-state index in [1.54, 1.807) is 0 Å². The van der Waals surface area contributed by atoms with Gasteiger partial charge in [-0.15, -0.1) is 6.58 Å². The third-order valence-electron chi connectivity index (χ3n) is 2.99. The third-order valence-corrected chi connectivity index (χ3v) is 2.99. The molecule has 0 aromatic heterocycles. The molecule has 0 radical (unpaired) electrons. The van der Waals surface area contributed by atoms with Gasteiger partial charge in [-0.05, 0) is 33.6 Å². The number of ether oxygens (including phenoxy) is 2. The van der Waals surface area contributed by atoms with Crippen LogP contribution < -0.4 is 0 Å². The molecule has 15 heavy (non-hydrogen) atoms. The van der Waals surface area contributed by atoms with Crippen molar-refractivity contribution in [2.75, 3.05) is 6.61 Å². The maximum atomic E-state index is 11.5. The highest BCUT2D eigenvalue weighted by Gasteiger charge is 2.38. The minimum atomic E-state index is -0.272. The molecule has 0 unspecified atom stereocenters. The van der Waals surface area contributed by atoms with Crippen molar-refractivity contribution in [1.82, 2.24) is 0 Å². The van der Waals surface area contributed by atoms with Crippen LogP contribution in [0.15, 0.2) is 12.7 Å². The molecular weight excluding hydrogens is 192 g/mol. The van der Waals surface area contributed by atoms with Gasteiger partial charge in [-0.3, -0.25) is 4.79 Å². The maximum Gasteiger partial charge on any atom is 0.311 e. The van der Waals surface area contributed by atoms with Crippen LogP contribution in [0, 0.1) is 5.92 Å². The van der Waals surface area contributed by atoms with Crippen molar-refractivity contribution >= 4 is 5.97 Å². The maximum absolute atomic E-state index is 11.5. The van der Waals surface area contributed by atoms with Crippen LogP contribution in [-0.2, 0) is 14.3 Å². The highest BCUT2D eigenvalue weighted by molar-refractivity contribution is 5.72. The Kier molecular flexibility index (Phi) is 3.91. The molecule has 0 aromatic rings. The molecule has 0 spiro atoms. The van der Waals surface area contributed by atoms with Gasteiger partial charge < -0.3 is 9.47 Å². The average molecular weight is 212 g/mol. The zero-order chi connectivity index (χ0) is 11.5. The van der Waals surface area contributed by atoms with Crippen molar-refractivity contribution in [3.05, 3.63) is 12.7 Å². The van der Waals surface area contributed by atoms with Crippen molar-refractivity contribution in [3.63, 3.8) is 0 Å². The van der Waals surface area contributed by atoms with Gasteiger partial charge in [0.2, 0.25) is 0 Å². The number of hydrogen-bond donors (Lipinski definition) is 0. The number of carbonyl (C=O) groups excluding carboxylic acids is 1. The summed E-state index contributed by atoms with van der Waals surface area (Å²) < 4.78 is 10.8. The summed E-state index contributed by atoms with van der Waals surface area (Å²) in [7, 11) is 0. The SMILES string of the molecule is C=C[C@@]1(C)CC[C@@H]([C@H](C)C(=O)OCC)O1. The Hall–Kier alpha value is -0.830. The molecule has 1 heterocycles. The molecule has 3 heteroatoms. The number of hydrogen-bond acceptors (Lipinski definition) is 3. The summed E-state index contributed by atoms with van der Waals surface area (Å²) in [5.74, 6) is -0.359. The van der Waals surface area contributed by atoms with Crippen LogP contribution in [0.4, 0.5) is 0 Å². The Morgan fingerprint density at radius 2 is 2.47 bits per heavy atom. The highest BCUT2D eigenvalue weighted by Crippen LogP contribution is 2.34. The summed E-state index contributed by atoms with van der Waals surface area (Å²) in [5, 5.41) is 0. The van der Waals surface area contributed by atoms with Crippen molar-refractivity contribution < 1.29 is 14.3 Å². The number of esters is 1. The van der Waals surface area contributed by atoms with E-state index in [9.17, 15) is 4.79 Å². The van der Waals surface area contributed by atoms with E-state index in [2.05, 4.69) is 6.58 Å². The molecule has 86 valence electrons. The zero-order valence-corrected chi connectivity index (χ0v) is 9.79. The van der Waals surface area contributed by atoms with Crippen LogP contribution in [0.25, 0.3) is 0 Å². The summed E-state index contributed by atoms with van der Waals surface area (Å²) in [6.07, 6.45) is 3.59. The number of rotatable bonds is 4. The van der Waals surface area contributed by atoms with Crippen LogP contribution in [0.1, 0.15) is 33.6 Å². The minimum absolute atomic E-state index is 0.0351. The molecule has 1 fully saturated rings. The van der Waals surface area contributed by atoms with Gasteiger partial charge in [-0.25, -0.2) is 0 Å². The fourth-order valence-electron chi connectivity index (χ4n) is 1.82. The second-order valence-corrected chi connectivity index (χ2v) is 4.25. The molecule has 3 nitrogen and oxygen atoms in total. The topological polar surface area (TPSA) is 35.5 Å². The predicted octanol–water partition coefficient (Wildman–Crippen LogP) is 2.31. The molecule has 1 saturated heterocycles. The van der Waals surface area contributed by atoms with Crippen molar-refractivity contribution in [2.45, 2.75) is 45.3 Å². The van der Waals surface area contributed by atoms with Crippen molar-refractivity contribution in [2.24, 2.45) is 5.92 Å². The van der Waals surface area contributed by atoms with Gasteiger partial charge in [0.15, 0.2) is 0 Å². The molecule has 0 bridgehead atoms. The van der Waals surface area contributed by atoms with Gasteiger partial charge in [-0.2, -0.15) is 0 Å². The minimum Gasteiger partial charge on any atom is -0.466 e. The zero-order valence-electron chi connectivity index (χ0n) is 9.79. The van der Waals surface area contributed by atoms with E-state index in [4.69, 9.17) is 9.47 Å². The molecule has 0 aliphatic carbocycles. The van der Waals surface area contributed by atoms with Gasteiger partial charge in [0.05, 0.1) is 24.2 Å². The lowest BCUT2D eigenvalue weighted by Crippen LogP contribution is -2.30. The van der Waals surface area contributed by atoms with E-state index in [0.29, 0.717) is 6.61 Å². The lowest BCUT2D eigenvalue weighted by Gasteiger charge is -2.23. The Balaban J connectivity index is 2.53. The quantitative estimate of drug-likeness (QED) is 0.530. The predicted molar refractivity (Wildman–Crippen MR) is 58.5 cm³/mol. The second kappa shape index (κ2) is 4.79. The molecule has 0 N–H and O–H groups in total. The molecule has 3 atom stereocenters. The Labute approximate surface area is 91.4 Å². The first-order chi connectivity index (χ1) is 7.02. The first kappa shape index (κ1) is 12.2. The first-order valence-electron chi connectivity index (χ1n) is 5.50. The van der Waals surface area contributed by atoms with Crippen molar-refractivity contribution in [3.8, 4) is 0 Å². The van der Waals surface area contributed by atoms with Crippen molar-refractivity contribution in [1.29, 1.82) is 0 Å². The smallest absolute Gasteiger partial charge is 0.311 e. The number of carbonyl (C=O) groups is 1. The summed E-state index contributed by atoms with van der Waals surface area (Å²) in [5.41, 5.74) is -0.272. The molecule has 0 saturated carbocycles. The lowest BCUT2D eigenvalue weighted by molar-refractivity contribution is -0.153. The monoisotopic (exact) mass is 212 g/mol. The molecule has 1 aliphatic heterocycles. The van der Waals surface area contributed by atoms with E-state index in [-0.39, 0.29) is 23.6 Å². The van der Waals surface area contributed by atoms with Gasteiger partial charge in [-0.1, -0.05) is 6.08 Å². The normalized spacial score (nSPS) is 32.3. The Bertz CT molecular complexity index is 249. The highest BCUT2D eigenvalue weighted by atomic mass is 16.5. The summed E-state index contributed by atoms with van der Waals surface area (Å²) in [4.78, 5) is 11.5. The second-order valence-electron chi connectivity index (χ2n) is 4.25. The van der Waals surface area contributed by atoms with Crippen LogP contribution in [-0.4, -0.2) is 24.3 Å². The standard InChI is InChI=1S/C12H20O3/c1-5-12(4)8-7-10(15-12)9(3)11(13)14-6-2/h5,9-10H,1,6-8H2,2-4H3/t9-,10-,12-/m0/s1. The third kappa shape index (κ3) is 2.81. The van der Waals surface area contributed by atoms with E-state index >= 15 is 0 Å². The Morgan fingerprint density at radius 3 is 2.93 bits per heavy atom. The van der Waals surface area contributed by atoms with Crippen LogP contribution >= 0.6 is 0 Å². The first-order valence-corrected chi connectivity index (χ1v) is 5.50. The average Bonchev–Trinajstić information content (AvgIpc) is 2.61. The summed E-state index contributed by atoms with van der Waals surface area (Å²) in [6, 6.07) is 0. The Morgan fingerprint density at radius 1 is 1.80 bits per heavy atom. The summed E-state index contributed by atoms with van der Waals surface area (Å²) >= 11 is 0. The van der Waals surface area contributed by atoms with E-state index in [0.717, 1.165) is 12.8 Å². The molecule has 1 aliphatic rings. The fourth-order valence-corrected chi connectivity index (χ4v) is 1.82. The van der Waals surface area contributed by atoms with E-state index in [1.807, 2.05) is 26.8 Å². The van der Waals surface area contributed by atoms with E-state index < -0.39 is 0 Å². The molecule has 0 aromatic carbocycles. The fraction of sp³-hybridized carbons (Fsp3) is 0.750. The lowest BCUT2D eigenvalue weighted by atomic mass is 9.99. The van der Waals surface area contributed by atoms with Crippen LogP contribution in [0.5, 0.6) is 0 Å². The van der Waals surface area contributed by atoms with Gasteiger partial charge >= 0.3 is 5.97 Å². The van der Waals surface area contributed by atoms with E-state index in [1.165, 1.54) is 0 Å². The van der Waals surface area contributed by atoms with Gasteiger partial charge in [0, 0.05) is 0 Å². The molecule has 0 amide bonds. The van der Waals surface area contributed by atoms with Crippen LogP contribution in [0.2, 0.25) is 0 Å². The molecule has 1 rings (SSSR count). The molecular formula is C12H20O3. The summed E-state index contributed by atoms with van der Waals surface area (Å²) in [6.45, 7) is 9.84. The largest absolute Gasteiger partial charge is 0.466 e.